The van der Waals surface area contributed by atoms with Crippen LogP contribution in [0.15, 0.2) is 22.7 Å². The number of rotatable bonds is 5. The largest absolute Gasteiger partial charge is 0.368 e. The van der Waals surface area contributed by atoms with Gasteiger partial charge in [0.25, 0.3) is 0 Å². The normalized spacial score (nSPS) is 20.1. The second-order valence-electron chi connectivity index (χ2n) is 5.04. The van der Waals surface area contributed by atoms with Gasteiger partial charge in [0.05, 0.1) is 6.61 Å². The van der Waals surface area contributed by atoms with E-state index in [4.69, 9.17) is 4.74 Å². The first-order chi connectivity index (χ1) is 9.60. The maximum atomic E-state index is 13.0. The number of carbonyl (C=O) groups is 1. The Morgan fingerprint density at radius 2 is 2.35 bits per heavy atom. The van der Waals surface area contributed by atoms with Crippen molar-refractivity contribution in [3.63, 3.8) is 0 Å². The molecule has 2 rings (SSSR count). The summed E-state index contributed by atoms with van der Waals surface area (Å²) in [6.07, 6.45) is 0.975. The van der Waals surface area contributed by atoms with E-state index in [1.165, 1.54) is 12.1 Å². The molecule has 1 fully saturated rings. The minimum atomic E-state index is -0.368. The van der Waals surface area contributed by atoms with Gasteiger partial charge in [-0.2, -0.15) is 0 Å². The minimum absolute atomic E-state index is 0.0538. The SMILES string of the molecule is CCCN1CCOC(C(=O)Cc2ccc(F)cc2Br)C1. The Morgan fingerprint density at radius 3 is 3.05 bits per heavy atom. The fraction of sp³-hybridized carbons (Fsp3) is 0.533. The van der Waals surface area contributed by atoms with Gasteiger partial charge in [0.2, 0.25) is 0 Å². The van der Waals surface area contributed by atoms with E-state index in [9.17, 15) is 9.18 Å². The zero-order valence-corrected chi connectivity index (χ0v) is 13.2. The number of morpholine rings is 1. The lowest BCUT2D eigenvalue weighted by Gasteiger charge is -2.31. The molecule has 0 radical (unpaired) electrons. The van der Waals surface area contributed by atoms with Crippen LogP contribution >= 0.6 is 15.9 Å². The molecule has 0 spiro atoms. The van der Waals surface area contributed by atoms with Crippen molar-refractivity contribution in [2.24, 2.45) is 0 Å². The van der Waals surface area contributed by atoms with E-state index < -0.39 is 0 Å². The number of nitrogens with zero attached hydrogens (tertiary/aromatic N) is 1. The maximum absolute atomic E-state index is 13.0. The molecule has 1 heterocycles. The molecule has 0 aliphatic carbocycles. The van der Waals surface area contributed by atoms with Gasteiger partial charge in [-0.15, -0.1) is 0 Å². The van der Waals surface area contributed by atoms with Crippen molar-refractivity contribution in [3.05, 3.63) is 34.1 Å². The lowest BCUT2D eigenvalue weighted by atomic mass is 10.0. The molecule has 3 nitrogen and oxygen atoms in total. The van der Waals surface area contributed by atoms with Gasteiger partial charge in [-0.1, -0.05) is 28.9 Å². The van der Waals surface area contributed by atoms with E-state index in [0.29, 0.717) is 17.6 Å². The summed E-state index contributed by atoms with van der Waals surface area (Å²) in [5.41, 5.74) is 0.799. The molecular formula is C15H19BrFNO2. The second-order valence-corrected chi connectivity index (χ2v) is 5.89. The first kappa shape index (κ1) is 15.6. The van der Waals surface area contributed by atoms with Crippen LogP contribution in [-0.2, 0) is 16.0 Å². The number of hydrogen-bond acceptors (Lipinski definition) is 3. The monoisotopic (exact) mass is 343 g/mol. The Labute approximate surface area is 127 Å². The number of ether oxygens (including phenoxy) is 1. The van der Waals surface area contributed by atoms with Crippen LogP contribution in [0.2, 0.25) is 0 Å². The summed E-state index contributed by atoms with van der Waals surface area (Å²) >= 11 is 3.29. The molecule has 0 saturated carbocycles. The summed E-state index contributed by atoms with van der Waals surface area (Å²) in [7, 11) is 0. The predicted octanol–water partition coefficient (Wildman–Crippen LogP) is 2.81. The molecule has 5 heteroatoms. The van der Waals surface area contributed by atoms with Crippen LogP contribution in [0.5, 0.6) is 0 Å². The van der Waals surface area contributed by atoms with Crippen LogP contribution in [-0.4, -0.2) is 43.0 Å². The molecule has 0 aromatic heterocycles. The zero-order chi connectivity index (χ0) is 14.5. The minimum Gasteiger partial charge on any atom is -0.368 e. The molecule has 0 amide bonds. The van der Waals surface area contributed by atoms with Gasteiger partial charge >= 0.3 is 0 Å². The average Bonchev–Trinajstić information content (AvgIpc) is 2.42. The van der Waals surface area contributed by atoms with Crippen LogP contribution in [0.4, 0.5) is 4.39 Å². The maximum Gasteiger partial charge on any atom is 0.167 e. The van der Waals surface area contributed by atoms with E-state index >= 15 is 0 Å². The number of carbonyl (C=O) groups excluding carboxylic acids is 1. The summed E-state index contributed by atoms with van der Waals surface area (Å²) in [5.74, 6) is -0.255. The first-order valence-electron chi connectivity index (χ1n) is 6.90. The second kappa shape index (κ2) is 7.29. The van der Waals surface area contributed by atoms with Crippen LogP contribution in [0.1, 0.15) is 18.9 Å². The Hall–Kier alpha value is -0.780. The molecular weight excluding hydrogens is 325 g/mol. The summed E-state index contributed by atoms with van der Waals surface area (Å²) in [6.45, 7) is 5.26. The number of Topliss-reactive ketones (excluding diaryl/α,β-unsaturated/α-hetero) is 1. The lowest BCUT2D eigenvalue weighted by Crippen LogP contribution is -2.46. The highest BCUT2D eigenvalue weighted by Gasteiger charge is 2.26. The van der Waals surface area contributed by atoms with E-state index in [1.807, 2.05) is 0 Å². The summed E-state index contributed by atoms with van der Waals surface area (Å²) in [5, 5.41) is 0. The molecule has 1 saturated heterocycles. The fourth-order valence-electron chi connectivity index (χ4n) is 2.38. The quantitative estimate of drug-likeness (QED) is 0.823. The molecule has 1 aliphatic heterocycles. The molecule has 20 heavy (non-hydrogen) atoms. The van der Waals surface area contributed by atoms with E-state index in [-0.39, 0.29) is 24.1 Å². The summed E-state index contributed by atoms with van der Waals surface area (Å²) in [4.78, 5) is 14.5. The standard InChI is InChI=1S/C15H19BrFNO2/c1-2-5-18-6-7-20-15(10-18)14(19)8-11-3-4-12(17)9-13(11)16/h3-4,9,15H,2,5-8,10H2,1H3. The zero-order valence-electron chi connectivity index (χ0n) is 11.6. The van der Waals surface area contributed by atoms with Gasteiger partial charge in [-0.3, -0.25) is 9.69 Å². The lowest BCUT2D eigenvalue weighted by molar-refractivity contribution is -0.135. The molecule has 1 aliphatic rings. The Morgan fingerprint density at radius 1 is 1.55 bits per heavy atom. The Kier molecular flexibility index (Phi) is 5.69. The molecule has 110 valence electrons. The van der Waals surface area contributed by atoms with Crippen molar-refractivity contribution >= 4 is 21.7 Å². The third-order valence-corrected chi connectivity index (χ3v) is 4.17. The third-order valence-electron chi connectivity index (χ3n) is 3.43. The smallest absolute Gasteiger partial charge is 0.167 e. The van der Waals surface area contributed by atoms with Crippen LogP contribution in [0.25, 0.3) is 0 Å². The molecule has 1 aromatic rings. The topological polar surface area (TPSA) is 29.5 Å². The Bertz CT molecular complexity index is 479. The van der Waals surface area contributed by atoms with Gasteiger partial charge in [0.1, 0.15) is 11.9 Å². The van der Waals surface area contributed by atoms with Crippen LogP contribution in [0.3, 0.4) is 0 Å². The van der Waals surface area contributed by atoms with Crippen molar-refractivity contribution in [3.8, 4) is 0 Å². The fourth-order valence-corrected chi connectivity index (χ4v) is 2.87. The van der Waals surface area contributed by atoms with Gasteiger partial charge in [0, 0.05) is 24.0 Å². The van der Waals surface area contributed by atoms with Crippen molar-refractivity contribution in [1.82, 2.24) is 4.90 Å². The highest BCUT2D eigenvalue weighted by atomic mass is 79.9. The highest BCUT2D eigenvalue weighted by Crippen LogP contribution is 2.20. The van der Waals surface area contributed by atoms with Gasteiger partial charge < -0.3 is 4.74 Å². The third kappa shape index (κ3) is 4.11. The van der Waals surface area contributed by atoms with E-state index in [0.717, 1.165) is 25.1 Å². The summed E-state index contributed by atoms with van der Waals surface area (Å²) < 4.78 is 19.2. The predicted molar refractivity (Wildman–Crippen MR) is 79.3 cm³/mol. The van der Waals surface area contributed by atoms with Crippen molar-refractivity contribution < 1.29 is 13.9 Å². The van der Waals surface area contributed by atoms with Gasteiger partial charge in [0.15, 0.2) is 5.78 Å². The van der Waals surface area contributed by atoms with Crippen molar-refractivity contribution in [2.45, 2.75) is 25.9 Å². The Balaban J connectivity index is 1.97. The molecule has 1 unspecified atom stereocenters. The number of benzene rings is 1. The van der Waals surface area contributed by atoms with Crippen molar-refractivity contribution in [1.29, 1.82) is 0 Å². The van der Waals surface area contributed by atoms with E-state index in [1.54, 1.807) is 6.07 Å². The first-order valence-corrected chi connectivity index (χ1v) is 7.70. The molecule has 1 aromatic carbocycles. The summed E-state index contributed by atoms with van der Waals surface area (Å²) in [6, 6.07) is 4.40. The molecule has 0 N–H and O–H groups in total. The van der Waals surface area contributed by atoms with Gasteiger partial charge in [-0.05, 0) is 30.7 Å². The van der Waals surface area contributed by atoms with Crippen molar-refractivity contribution in [2.75, 3.05) is 26.2 Å². The molecule has 1 atom stereocenters. The number of ketones is 1. The number of hydrogen-bond donors (Lipinski definition) is 0. The van der Waals surface area contributed by atoms with Crippen LogP contribution < -0.4 is 0 Å². The van der Waals surface area contributed by atoms with Gasteiger partial charge in [-0.25, -0.2) is 4.39 Å². The van der Waals surface area contributed by atoms with E-state index in [2.05, 4.69) is 27.8 Å². The number of halogens is 2. The highest BCUT2D eigenvalue weighted by molar-refractivity contribution is 9.10. The van der Waals surface area contributed by atoms with Crippen LogP contribution in [0, 0.1) is 5.82 Å². The average molecular weight is 344 g/mol. The molecule has 0 bridgehead atoms.